The number of benzene rings is 2. The summed E-state index contributed by atoms with van der Waals surface area (Å²) in [4.78, 5) is 27.7. The number of hydrogen-bond acceptors (Lipinski definition) is 3. The fraction of sp³-hybridized carbons (Fsp3) is 0.417. The summed E-state index contributed by atoms with van der Waals surface area (Å²) in [7, 11) is 0. The Morgan fingerprint density at radius 1 is 1.03 bits per heavy atom. The maximum atomic E-state index is 13.2. The van der Waals surface area contributed by atoms with Crippen LogP contribution in [0.5, 0.6) is 5.75 Å². The molecule has 174 valence electrons. The number of amides is 2. The molecule has 8 heteroatoms. The van der Waals surface area contributed by atoms with Crippen molar-refractivity contribution in [2.24, 2.45) is 0 Å². The van der Waals surface area contributed by atoms with E-state index in [-0.39, 0.29) is 31.0 Å². The monoisotopic (exact) mass is 498 g/mol. The Kier molecular flexibility index (Phi) is 10.1. The number of nitrogens with zero attached hydrogens (tertiary/aromatic N) is 1. The molecule has 2 atom stereocenters. The highest BCUT2D eigenvalue weighted by Gasteiger charge is 2.30. The first-order chi connectivity index (χ1) is 15.2. The van der Waals surface area contributed by atoms with Gasteiger partial charge in [0.15, 0.2) is 6.61 Å². The molecule has 0 aliphatic heterocycles. The van der Waals surface area contributed by atoms with Gasteiger partial charge in [0.05, 0.1) is 0 Å². The molecular formula is C24H29Cl3N2O3. The van der Waals surface area contributed by atoms with Crippen molar-refractivity contribution in [2.45, 2.75) is 59.2 Å². The lowest BCUT2D eigenvalue weighted by Gasteiger charge is -2.31. The van der Waals surface area contributed by atoms with Gasteiger partial charge < -0.3 is 15.0 Å². The Morgan fingerprint density at radius 2 is 1.75 bits per heavy atom. The zero-order valence-electron chi connectivity index (χ0n) is 18.8. The van der Waals surface area contributed by atoms with Crippen molar-refractivity contribution in [3.05, 3.63) is 62.6 Å². The largest absolute Gasteiger partial charge is 0.484 e. The lowest BCUT2D eigenvalue weighted by atomic mass is 10.1. The molecule has 0 spiro atoms. The van der Waals surface area contributed by atoms with Crippen LogP contribution in [-0.4, -0.2) is 35.4 Å². The van der Waals surface area contributed by atoms with Crippen molar-refractivity contribution >= 4 is 46.6 Å². The van der Waals surface area contributed by atoms with Gasteiger partial charge in [-0.15, -0.1) is 0 Å². The SMILES string of the molecule is CC[C@H](C(=O)N[C@@H](C)CC)N(Cc1ccc(Cl)cc1Cl)C(=O)COc1ccc(Cl)c(C)c1. The van der Waals surface area contributed by atoms with E-state index in [0.29, 0.717) is 32.8 Å². The fourth-order valence-electron chi connectivity index (χ4n) is 3.13. The molecule has 32 heavy (non-hydrogen) atoms. The van der Waals surface area contributed by atoms with Gasteiger partial charge in [0, 0.05) is 27.7 Å². The van der Waals surface area contributed by atoms with Crippen LogP contribution >= 0.6 is 34.8 Å². The van der Waals surface area contributed by atoms with E-state index in [4.69, 9.17) is 39.5 Å². The molecule has 0 heterocycles. The van der Waals surface area contributed by atoms with Crippen LogP contribution in [0.15, 0.2) is 36.4 Å². The molecule has 0 aromatic heterocycles. The third kappa shape index (κ3) is 7.29. The molecule has 0 saturated carbocycles. The molecule has 0 aliphatic rings. The average molecular weight is 500 g/mol. The molecular weight excluding hydrogens is 471 g/mol. The molecule has 2 rings (SSSR count). The highest BCUT2D eigenvalue weighted by atomic mass is 35.5. The summed E-state index contributed by atoms with van der Waals surface area (Å²) in [6.07, 6.45) is 1.23. The second kappa shape index (κ2) is 12.3. The lowest BCUT2D eigenvalue weighted by molar-refractivity contribution is -0.143. The van der Waals surface area contributed by atoms with Crippen molar-refractivity contribution in [3.63, 3.8) is 0 Å². The number of halogens is 3. The Hall–Kier alpha value is -1.95. The Morgan fingerprint density at radius 3 is 2.34 bits per heavy atom. The molecule has 0 unspecified atom stereocenters. The van der Waals surface area contributed by atoms with Crippen LogP contribution in [0.25, 0.3) is 0 Å². The summed E-state index contributed by atoms with van der Waals surface area (Å²) < 4.78 is 5.71. The number of carbonyl (C=O) groups excluding carboxylic acids is 2. The smallest absolute Gasteiger partial charge is 0.261 e. The number of nitrogens with one attached hydrogen (secondary N) is 1. The molecule has 5 nitrogen and oxygen atoms in total. The number of aryl methyl sites for hydroxylation is 1. The van der Waals surface area contributed by atoms with E-state index in [1.807, 2.05) is 27.7 Å². The lowest BCUT2D eigenvalue weighted by Crippen LogP contribution is -2.51. The molecule has 2 aromatic rings. The van der Waals surface area contributed by atoms with E-state index in [2.05, 4.69) is 5.32 Å². The minimum absolute atomic E-state index is 0.000847. The minimum atomic E-state index is -0.668. The Labute approximate surface area is 205 Å². The van der Waals surface area contributed by atoms with Crippen molar-refractivity contribution in [3.8, 4) is 5.75 Å². The number of rotatable bonds is 10. The van der Waals surface area contributed by atoms with E-state index in [1.54, 1.807) is 36.4 Å². The molecule has 2 aromatic carbocycles. The third-order valence-corrected chi connectivity index (χ3v) is 6.25. The first kappa shape index (κ1) is 26.3. The van der Waals surface area contributed by atoms with Gasteiger partial charge in [0.1, 0.15) is 11.8 Å². The topological polar surface area (TPSA) is 58.6 Å². The number of ether oxygens (including phenoxy) is 1. The van der Waals surface area contributed by atoms with E-state index in [9.17, 15) is 9.59 Å². The normalized spacial score (nSPS) is 12.7. The van der Waals surface area contributed by atoms with Gasteiger partial charge in [0.2, 0.25) is 5.91 Å². The summed E-state index contributed by atoms with van der Waals surface area (Å²) in [5.41, 5.74) is 1.54. The van der Waals surface area contributed by atoms with Crippen molar-refractivity contribution in [1.29, 1.82) is 0 Å². The van der Waals surface area contributed by atoms with E-state index in [0.717, 1.165) is 12.0 Å². The van der Waals surface area contributed by atoms with Gasteiger partial charge in [-0.05, 0) is 68.1 Å². The maximum Gasteiger partial charge on any atom is 0.261 e. The highest BCUT2D eigenvalue weighted by molar-refractivity contribution is 6.35. The number of hydrogen-bond donors (Lipinski definition) is 1. The van der Waals surface area contributed by atoms with Crippen LogP contribution in [0, 0.1) is 6.92 Å². The van der Waals surface area contributed by atoms with Crippen LogP contribution in [0.2, 0.25) is 15.1 Å². The van der Waals surface area contributed by atoms with Crippen LogP contribution < -0.4 is 10.1 Å². The van der Waals surface area contributed by atoms with Gasteiger partial charge in [0.25, 0.3) is 5.91 Å². The summed E-state index contributed by atoms with van der Waals surface area (Å²) >= 11 is 18.4. The fourth-order valence-corrected chi connectivity index (χ4v) is 3.71. The Balaban J connectivity index is 2.26. The first-order valence-electron chi connectivity index (χ1n) is 10.6. The average Bonchev–Trinajstić information content (AvgIpc) is 2.75. The van der Waals surface area contributed by atoms with E-state index >= 15 is 0 Å². The summed E-state index contributed by atoms with van der Waals surface area (Å²) in [5, 5.41) is 4.52. The predicted molar refractivity (Wildman–Crippen MR) is 131 cm³/mol. The van der Waals surface area contributed by atoms with Crippen LogP contribution in [-0.2, 0) is 16.1 Å². The van der Waals surface area contributed by atoms with Gasteiger partial charge in [-0.2, -0.15) is 0 Å². The standard InChI is InChI=1S/C24H29Cl3N2O3/c1-5-16(4)28-24(31)22(6-2)29(13-17-7-8-18(25)12-21(17)27)23(30)14-32-19-9-10-20(26)15(3)11-19/h7-12,16,22H,5-6,13-14H2,1-4H3,(H,28,31)/t16-,22+/m0/s1. The Bertz CT molecular complexity index is 952. The summed E-state index contributed by atoms with van der Waals surface area (Å²) in [5.74, 6) is -0.000717. The van der Waals surface area contributed by atoms with Crippen molar-refractivity contribution < 1.29 is 14.3 Å². The maximum absolute atomic E-state index is 13.2. The molecule has 0 fully saturated rings. The minimum Gasteiger partial charge on any atom is -0.484 e. The zero-order chi connectivity index (χ0) is 23.8. The van der Waals surface area contributed by atoms with Gasteiger partial charge in [-0.25, -0.2) is 0 Å². The zero-order valence-corrected chi connectivity index (χ0v) is 21.0. The van der Waals surface area contributed by atoms with Gasteiger partial charge >= 0.3 is 0 Å². The molecule has 0 saturated heterocycles. The quantitative estimate of drug-likeness (QED) is 0.432. The molecule has 0 radical (unpaired) electrons. The highest BCUT2D eigenvalue weighted by Crippen LogP contribution is 2.25. The summed E-state index contributed by atoms with van der Waals surface area (Å²) in [6.45, 7) is 7.58. The van der Waals surface area contributed by atoms with Crippen LogP contribution in [0.1, 0.15) is 44.7 Å². The van der Waals surface area contributed by atoms with Crippen LogP contribution in [0.4, 0.5) is 0 Å². The van der Waals surface area contributed by atoms with Gasteiger partial charge in [-0.1, -0.05) is 54.7 Å². The van der Waals surface area contributed by atoms with Gasteiger partial charge in [-0.3, -0.25) is 9.59 Å². The van der Waals surface area contributed by atoms with E-state index < -0.39 is 6.04 Å². The third-order valence-electron chi connectivity index (χ3n) is 5.23. The summed E-state index contributed by atoms with van der Waals surface area (Å²) in [6, 6.07) is 9.61. The molecule has 0 aliphatic carbocycles. The van der Waals surface area contributed by atoms with Crippen molar-refractivity contribution in [2.75, 3.05) is 6.61 Å². The molecule has 2 amide bonds. The second-order valence-electron chi connectivity index (χ2n) is 7.70. The van der Waals surface area contributed by atoms with Crippen molar-refractivity contribution in [1.82, 2.24) is 10.2 Å². The molecule has 0 bridgehead atoms. The predicted octanol–water partition coefficient (Wildman–Crippen LogP) is 6.06. The first-order valence-corrected chi connectivity index (χ1v) is 11.7. The van der Waals surface area contributed by atoms with E-state index in [1.165, 1.54) is 4.90 Å². The molecule has 1 N–H and O–H groups in total. The van der Waals surface area contributed by atoms with Crippen LogP contribution in [0.3, 0.4) is 0 Å². The second-order valence-corrected chi connectivity index (χ2v) is 8.95. The number of carbonyl (C=O) groups is 2.